The fourth-order valence-corrected chi connectivity index (χ4v) is 3.85. The maximum absolute atomic E-state index is 13.5. The minimum absolute atomic E-state index is 0.0939. The second-order valence-electron chi connectivity index (χ2n) is 8.11. The van der Waals surface area contributed by atoms with Crippen LogP contribution in [-0.4, -0.2) is 35.3 Å². The van der Waals surface area contributed by atoms with Crippen LogP contribution in [0.15, 0.2) is 83.5 Å². The van der Waals surface area contributed by atoms with E-state index in [4.69, 9.17) is 15.6 Å². The second kappa shape index (κ2) is 10.6. The summed E-state index contributed by atoms with van der Waals surface area (Å²) >= 11 is 0. The molecule has 0 spiro atoms. The summed E-state index contributed by atoms with van der Waals surface area (Å²) in [5.74, 6) is -1.66. The molecule has 0 bridgehead atoms. The Kier molecular flexibility index (Phi) is 7.15. The molecule has 0 radical (unpaired) electrons. The van der Waals surface area contributed by atoms with Gasteiger partial charge in [0.15, 0.2) is 0 Å². The summed E-state index contributed by atoms with van der Waals surface area (Å²) in [6.45, 7) is 2.17. The highest BCUT2D eigenvalue weighted by Crippen LogP contribution is 2.33. The molecule has 6 N–H and O–H groups in total. The van der Waals surface area contributed by atoms with Crippen LogP contribution in [0.4, 0.5) is 5.69 Å². The number of furan rings is 1. The van der Waals surface area contributed by atoms with E-state index in [2.05, 4.69) is 10.6 Å². The summed E-state index contributed by atoms with van der Waals surface area (Å²) in [4.78, 5) is 37.9. The van der Waals surface area contributed by atoms with Gasteiger partial charge in [-0.25, -0.2) is 4.79 Å². The molecule has 0 saturated carbocycles. The highest BCUT2D eigenvalue weighted by atomic mass is 16.4. The van der Waals surface area contributed by atoms with E-state index in [1.165, 1.54) is 24.5 Å². The third kappa shape index (κ3) is 5.40. The van der Waals surface area contributed by atoms with Gasteiger partial charge in [0.2, 0.25) is 0 Å². The van der Waals surface area contributed by atoms with Crippen molar-refractivity contribution in [3.05, 3.63) is 101 Å². The summed E-state index contributed by atoms with van der Waals surface area (Å²) in [6.07, 6.45) is 1.52. The summed E-state index contributed by atoms with van der Waals surface area (Å²) in [5.41, 5.74) is 8.05. The predicted molar refractivity (Wildman–Crippen MR) is 140 cm³/mol. The topological polar surface area (TPSA) is 159 Å². The highest BCUT2D eigenvalue weighted by Gasteiger charge is 2.21. The highest BCUT2D eigenvalue weighted by molar-refractivity contribution is 6.11. The molecular weight excluding hydrogens is 472 g/mol. The lowest BCUT2D eigenvalue weighted by molar-refractivity contribution is 0.0697. The summed E-state index contributed by atoms with van der Waals surface area (Å²) in [5, 5.41) is 22.9. The molecule has 0 aliphatic heterocycles. The normalized spacial score (nSPS) is 10.5. The standard InChI is InChI=1S/C28H24N4O5/c1-2-31-26(33)18-8-12-21(23(15-18)28(35)36)20-11-7-17(24-4-3-13-37-24)14-22(20)27(34)32-19-9-5-16(6-10-19)25(29)30/h3-15H,2H2,1H3,(H3,29,30)(H,31,33)(H,32,34)(H,35,36). The molecule has 0 fully saturated rings. The van der Waals surface area contributed by atoms with Crippen molar-refractivity contribution < 1.29 is 23.9 Å². The lowest BCUT2D eigenvalue weighted by atomic mass is 9.91. The van der Waals surface area contributed by atoms with Gasteiger partial charge in [0.1, 0.15) is 11.6 Å². The molecule has 186 valence electrons. The molecule has 0 saturated heterocycles. The predicted octanol–water partition coefficient (Wildman–Crippen LogP) is 4.60. The molecule has 9 nitrogen and oxygen atoms in total. The first-order valence-electron chi connectivity index (χ1n) is 11.4. The van der Waals surface area contributed by atoms with Crippen molar-refractivity contribution in [2.75, 3.05) is 11.9 Å². The fourth-order valence-electron chi connectivity index (χ4n) is 3.85. The largest absolute Gasteiger partial charge is 0.478 e. The van der Waals surface area contributed by atoms with E-state index in [-0.39, 0.29) is 28.1 Å². The number of carboxylic acid groups (broad SMARTS) is 1. The Balaban J connectivity index is 1.81. The van der Waals surface area contributed by atoms with Gasteiger partial charge in [0, 0.05) is 34.5 Å². The Morgan fingerprint density at radius 3 is 2.19 bits per heavy atom. The molecule has 9 heteroatoms. The molecule has 0 aliphatic rings. The second-order valence-corrected chi connectivity index (χ2v) is 8.11. The zero-order valence-corrected chi connectivity index (χ0v) is 19.9. The van der Waals surface area contributed by atoms with Crippen LogP contribution < -0.4 is 16.4 Å². The monoisotopic (exact) mass is 496 g/mol. The third-order valence-electron chi connectivity index (χ3n) is 5.66. The molecule has 37 heavy (non-hydrogen) atoms. The molecule has 0 unspecified atom stereocenters. The van der Waals surface area contributed by atoms with Gasteiger partial charge in [-0.1, -0.05) is 18.2 Å². The van der Waals surface area contributed by atoms with Crippen molar-refractivity contribution in [2.24, 2.45) is 5.73 Å². The van der Waals surface area contributed by atoms with Gasteiger partial charge in [-0.05, 0) is 72.6 Å². The Bertz CT molecular complexity index is 1490. The van der Waals surface area contributed by atoms with E-state index < -0.39 is 17.8 Å². The quantitative estimate of drug-likeness (QED) is 0.177. The number of carboxylic acids is 1. The molecule has 4 rings (SSSR count). The lowest BCUT2D eigenvalue weighted by Crippen LogP contribution is -2.23. The van der Waals surface area contributed by atoms with E-state index >= 15 is 0 Å². The first-order chi connectivity index (χ1) is 17.8. The van der Waals surface area contributed by atoms with Gasteiger partial charge >= 0.3 is 5.97 Å². The number of amidine groups is 1. The molecule has 2 amide bonds. The average Bonchev–Trinajstić information content (AvgIpc) is 3.43. The number of hydrogen-bond donors (Lipinski definition) is 5. The minimum atomic E-state index is -1.23. The molecule has 0 aliphatic carbocycles. The van der Waals surface area contributed by atoms with Crippen molar-refractivity contribution in [3.63, 3.8) is 0 Å². The van der Waals surface area contributed by atoms with Crippen LogP contribution in [-0.2, 0) is 0 Å². The van der Waals surface area contributed by atoms with Crippen molar-refractivity contribution in [3.8, 4) is 22.5 Å². The van der Waals surface area contributed by atoms with E-state index in [0.29, 0.717) is 34.7 Å². The summed E-state index contributed by atoms with van der Waals surface area (Å²) in [7, 11) is 0. The SMILES string of the molecule is CCNC(=O)c1ccc(-c2ccc(-c3ccco3)cc2C(=O)Nc2ccc(C(=N)N)cc2)c(C(=O)O)c1. The molecule has 0 atom stereocenters. The van der Waals surface area contributed by atoms with Crippen LogP contribution in [0.3, 0.4) is 0 Å². The molecule has 1 aromatic heterocycles. The number of amides is 2. The van der Waals surface area contributed by atoms with E-state index in [1.54, 1.807) is 61.5 Å². The average molecular weight is 497 g/mol. The molecular formula is C28H24N4O5. The summed E-state index contributed by atoms with van der Waals surface area (Å²) in [6, 6.07) is 19.3. The first-order valence-corrected chi connectivity index (χ1v) is 11.4. The maximum atomic E-state index is 13.5. The number of benzene rings is 3. The zero-order chi connectivity index (χ0) is 26.5. The van der Waals surface area contributed by atoms with Gasteiger partial charge in [0.25, 0.3) is 11.8 Å². The van der Waals surface area contributed by atoms with Gasteiger partial charge < -0.3 is 25.9 Å². The first kappa shape index (κ1) is 24.9. The van der Waals surface area contributed by atoms with Crippen molar-refractivity contribution in [2.45, 2.75) is 6.92 Å². The third-order valence-corrected chi connectivity index (χ3v) is 5.66. The van der Waals surface area contributed by atoms with Gasteiger partial charge in [-0.2, -0.15) is 0 Å². The van der Waals surface area contributed by atoms with Gasteiger partial charge in [0.05, 0.1) is 11.8 Å². The number of aromatic carboxylic acids is 1. The number of nitrogens with one attached hydrogen (secondary N) is 3. The van der Waals surface area contributed by atoms with E-state index in [0.717, 1.165) is 0 Å². The zero-order valence-electron chi connectivity index (χ0n) is 19.9. The number of rotatable bonds is 8. The molecule has 3 aromatic carbocycles. The lowest BCUT2D eigenvalue weighted by Gasteiger charge is -2.15. The number of anilines is 1. The number of carbonyl (C=O) groups excluding carboxylic acids is 2. The van der Waals surface area contributed by atoms with E-state index in [9.17, 15) is 19.5 Å². The number of nitrogen functional groups attached to an aromatic ring is 1. The van der Waals surface area contributed by atoms with Gasteiger partial charge in [-0.15, -0.1) is 0 Å². The van der Waals surface area contributed by atoms with Gasteiger partial charge in [-0.3, -0.25) is 15.0 Å². The van der Waals surface area contributed by atoms with Crippen molar-refractivity contribution in [1.29, 1.82) is 5.41 Å². The van der Waals surface area contributed by atoms with E-state index in [1.807, 2.05) is 0 Å². The van der Waals surface area contributed by atoms with Crippen molar-refractivity contribution in [1.82, 2.24) is 5.32 Å². The Hall–Kier alpha value is -5.18. The van der Waals surface area contributed by atoms with Crippen molar-refractivity contribution >= 4 is 29.3 Å². The van der Waals surface area contributed by atoms with Crippen LogP contribution in [0.1, 0.15) is 43.6 Å². The van der Waals surface area contributed by atoms with Crippen LogP contribution in [0.25, 0.3) is 22.5 Å². The summed E-state index contributed by atoms with van der Waals surface area (Å²) < 4.78 is 5.48. The van der Waals surface area contributed by atoms with Crippen LogP contribution >= 0.6 is 0 Å². The minimum Gasteiger partial charge on any atom is -0.478 e. The molecule has 1 heterocycles. The Labute approximate surface area is 212 Å². The maximum Gasteiger partial charge on any atom is 0.336 e. The fraction of sp³-hybridized carbons (Fsp3) is 0.0714. The molecule has 4 aromatic rings. The van der Waals surface area contributed by atoms with Crippen LogP contribution in [0, 0.1) is 5.41 Å². The number of hydrogen-bond acceptors (Lipinski definition) is 5. The number of carbonyl (C=O) groups is 3. The smallest absolute Gasteiger partial charge is 0.336 e. The van der Waals surface area contributed by atoms with Crippen LogP contribution in [0.2, 0.25) is 0 Å². The Morgan fingerprint density at radius 2 is 1.57 bits per heavy atom. The van der Waals surface area contributed by atoms with Crippen LogP contribution in [0.5, 0.6) is 0 Å². The Morgan fingerprint density at radius 1 is 0.892 bits per heavy atom. The number of nitrogens with two attached hydrogens (primary N) is 1.